The van der Waals surface area contributed by atoms with Crippen LogP contribution in [0.4, 0.5) is 0 Å². The molecule has 0 saturated heterocycles. The Kier molecular flexibility index (Phi) is 3.42. The summed E-state index contributed by atoms with van der Waals surface area (Å²) in [6.07, 6.45) is 2.91. The average molecular weight is 327 g/mol. The minimum atomic E-state index is -0.209. The molecule has 2 amide bonds. The molecule has 23 heavy (non-hydrogen) atoms. The fraction of sp³-hybridized carbons (Fsp3) is 0.278. The topological polar surface area (TPSA) is 50.3 Å². The van der Waals surface area contributed by atoms with Gasteiger partial charge in [-0.15, -0.1) is 0 Å². The van der Waals surface area contributed by atoms with Gasteiger partial charge in [0.25, 0.3) is 11.8 Å². The molecule has 2 aliphatic rings. The number of hydrogen-bond acceptors (Lipinski definition) is 3. The highest BCUT2D eigenvalue weighted by molar-refractivity contribution is 6.29. The van der Waals surface area contributed by atoms with E-state index in [1.54, 1.807) is 30.3 Å². The summed E-state index contributed by atoms with van der Waals surface area (Å²) in [7, 11) is 0. The summed E-state index contributed by atoms with van der Waals surface area (Å²) in [6.45, 7) is 0.368. The summed E-state index contributed by atoms with van der Waals surface area (Å²) in [6, 6.07) is 10.8. The number of pyridine rings is 1. The molecule has 5 heteroatoms. The van der Waals surface area contributed by atoms with Crippen molar-refractivity contribution in [2.24, 2.45) is 0 Å². The van der Waals surface area contributed by atoms with E-state index < -0.39 is 0 Å². The monoisotopic (exact) mass is 326 g/mol. The maximum atomic E-state index is 12.5. The van der Waals surface area contributed by atoms with Crippen LogP contribution in [0.1, 0.15) is 50.7 Å². The van der Waals surface area contributed by atoms with E-state index in [0.29, 0.717) is 22.8 Å². The number of aromatic nitrogens is 1. The van der Waals surface area contributed by atoms with Gasteiger partial charge in [0.15, 0.2) is 0 Å². The van der Waals surface area contributed by atoms with E-state index in [9.17, 15) is 9.59 Å². The smallest absolute Gasteiger partial charge is 0.261 e. The maximum absolute atomic E-state index is 12.5. The van der Waals surface area contributed by atoms with E-state index in [-0.39, 0.29) is 17.7 Å². The molecule has 0 spiro atoms. The van der Waals surface area contributed by atoms with Gasteiger partial charge in [-0.25, -0.2) is 4.98 Å². The van der Waals surface area contributed by atoms with E-state index in [1.165, 1.54) is 10.5 Å². The van der Waals surface area contributed by atoms with Crippen molar-refractivity contribution >= 4 is 23.4 Å². The lowest BCUT2D eigenvalue weighted by atomic mass is 9.86. The lowest BCUT2D eigenvalue weighted by molar-refractivity contribution is 0.0640. The molecule has 0 fully saturated rings. The van der Waals surface area contributed by atoms with Crippen molar-refractivity contribution in [2.45, 2.75) is 25.2 Å². The van der Waals surface area contributed by atoms with Crippen LogP contribution in [0.15, 0.2) is 36.4 Å². The van der Waals surface area contributed by atoms with Crippen LogP contribution in [0.3, 0.4) is 0 Å². The lowest BCUT2D eigenvalue weighted by Gasteiger charge is -2.27. The van der Waals surface area contributed by atoms with Crippen molar-refractivity contribution in [1.82, 2.24) is 9.88 Å². The number of carbonyl (C=O) groups excluding carboxylic acids is 2. The minimum Gasteiger partial charge on any atom is -0.274 e. The molecule has 2 heterocycles. The summed E-state index contributed by atoms with van der Waals surface area (Å²) in [5, 5.41) is 0.456. The van der Waals surface area contributed by atoms with Gasteiger partial charge in [-0.3, -0.25) is 14.5 Å². The molecular weight excluding hydrogens is 312 g/mol. The summed E-state index contributed by atoms with van der Waals surface area (Å²) in [4.78, 5) is 30.8. The zero-order chi connectivity index (χ0) is 16.0. The van der Waals surface area contributed by atoms with Gasteiger partial charge in [-0.05, 0) is 43.0 Å². The Morgan fingerprint density at radius 3 is 2.48 bits per heavy atom. The Morgan fingerprint density at radius 1 is 1.09 bits per heavy atom. The highest BCUT2D eigenvalue weighted by atomic mass is 35.5. The molecule has 1 aromatic carbocycles. The van der Waals surface area contributed by atoms with Crippen molar-refractivity contribution in [2.75, 3.05) is 6.54 Å². The van der Waals surface area contributed by atoms with Gasteiger partial charge in [0.1, 0.15) is 5.15 Å². The summed E-state index contributed by atoms with van der Waals surface area (Å²) in [5.74, 6) is -0.362. The van der Waals surface area contributed by atoms with Crippen molar-refractivity contribution in [1.29, 1.82) is 0 Å². The van der Waals surface area contributed by atoms with Gasteiger partial charge in [0.05, 0.1) is 16.8 Å². The number of aryl methyl sites for hydroxylation is 1. The first-order valence-corrected chi connectivity index (χ1v) is 8.13. The predicted octanol–water partition coefficient (Wildman–Crippen LogP) is 3.45. The number of imide groups is 1. The van der Waals surface area contributed by atoms with Gasteiger partial charge < -0.3 is 0 Å². The molecule has 4 rings (SSSR count). The van der Waals surface area contributed by atoms with E-state index >= 15 is 0 Å². The Bertz CT molecular complexity index is 783. The van der Waals surface area contributed by atoms with E-state index in [2.05, 4.69) is 4.98 Å². The fourth-order valence-electron chi connectivity index (χ4n) is 3.52. The normalized spacial score (nSPS) is 19.7. The largest absolute Gasteiger partial charge is 0.274 e. The molecular formula is C18H15ClN2O2. The average Bonchev–Trinajstić information content (AvgIpc) is 2.81. The van der Waals surface area contributed by atoms with Crippen LogP contribution in [0, 0.1) is 0 Å². The summed E-state index contributed by atoms with van der Waals surface area (Å²) >= 11 is 6.03. The number of fused-ring (bicyclic) bond motifs is 2. The Labute approximate surface area is 139 Å². The minimum absolute atomic E-state index is 0.0552. The second-order valence-electron chi connectivity index (χ2n) is 6.03. The van der Waals surface area contributed by atoms with Gasteiger partial charge in [0, 0.05) is 12.5 Å². The van der Waals surface area contributed by atoms with Crippen LogP contribution in [0.2, 0.25) is 5.15 Å². The SMILES string of the molecule is O=C1c2ccccc2C(=O)N1CC1CCCc2ccc(Cl)nc21. The Balaban J connectivity index is 1.65. The molecule has 116 valence electrons. The van der Waals surface area contributed by atoms with Gasteiger partial charge in [-0.1, -0.05) is 29.8 Å². The van der Waals surface area contributed by atoms with Crippen molar-refractivity contribution in [3.63, 3.8) is 0 Å². The van der Waals surface area contributed by atoms with Gasteiger partial charge >= 0.3 is 0 Å². The third kappa shape index (κ3) is 2.34. The zero-order valence-corrected chi connectivity index (χ0v) is 13.2. The Hall–Kier alpha value is -2.20. The van der Waals surface area contributed by atoms with Gasteiger partial charge in [-0.2, -0.15) is 0 Å². The second kappa shape index (κ2) is 5.46. The number of amides is 2. The van der Waals surface area contributed by atoms with Crippen LogP contribution in [0.25, 0.3) is 0 Å². The van der Waals surface area contributed by atoms with Crippen LogP contribution < -0.4 is 0 Å². The molecule has 1 aromatic heterocycles. The number of rotatable bonds is 2. The van der Waals surface area contributed by atoms with E-state index in [1.807, 2.05) is 6.07 Å². The highest BCUT2D eigenvalue weighted by Gasteiger charge is 2.37. The van der Waals surface area contributed by atoms with Crippen molar-refractivity contribution < 1.29 is 9.59 Å². The summed E-state index contributed by atoms with van der Waals surface area (Å²) < 4.78 is 0. The van der Waals surface area contributed by atoms with Crippen molar-refractivity contribution in [3.8, 4) is 0 Å². The van der Waals surface area contributed by atoms with E-state index in [4.69, 9.17) is 11.6 Å². The van der Waals surface area contributed by atoms with Crippen LogP contribution >= 0.6 is 11.6 Å². The predicted molar refractivity (Wildman–Crippen MR) is 86.7 cm³/mol. The molecule has 0 bridgehead atoms. The molecule has 1 aliphatic heterocycles. The quantitative estimate of drug-likeness (QED) is 0.627. The molecule has 1 aliphatic carbocycles. The standard InChI is InChI=1S/C18H15ClN2O2/c19-15-9-8-11-4-3-5-12(16(11)20-15)10-21-17(22)13-6-1-2-7-14(13)18(21)23/h1-2,6-9,12H,3-5,10H2. The number of nitrogens with zero attached hydrogens (tertiary/aromatic N) is 2. The number of benzene rings is 1. The molecule has 2 aromatic rings. The molecule has 0 radical (unpaired) electrons. The zero-order valence-electron chi connectivity index (χ0n) is 12.5. The van der Waals surface area contributed by atoms with Crippen molar-refractivity contribution in [3.05, 3.63) is 63.9 Å². The molecule has 1 atom stereocenters. The molecule has 4 nitrogen and oxygen atoms in total. The van der Waals surface area contributed by atoms with Crippen LogP contribution in [0.5, 0.6) is 0 Å². The third-order valence-corrected chi connectivity index (χ3v) is 4.86. The second-order valence-corrected chi connectivity index (χ2v) is 6.42. The molecule has 1 unspecified atom stereocenters. The highest BCUT2D eigenvalue weighted by Crippen LogP contribution is 2.34. The Morgan fingerprint density at radius 2 is 1.78 bits per heavy atom. The van der Waals surface area contributed by atoms with Gasteiger partial charge in [0.2, 0.25) is 0 Å². The van der Waals surface area contributed by atoms with Crippen LogP contribution in [-0.4, -0.2) is 28.2 Å². The number of hydrogen-bond donors (Lipinski definition) is 0. The molecule has 0 saturated carbocycles. The third-order valence-electron chi connectivity index (χ3n) is 4.64. The van der Waals surface area contributed by atoms with Crippen LogP contribution in [-0.2, 0) is 6.42 Å². The van der Waals surface area contributed by atoms with E-state index in [0.717, 1.165) is 25.0 Å². The fourth-order valence-corrected chi connectivity index (χ4v) is 3.68. The first-order valence-electron chi connectivity index (χ1n) is 7.75. The number of carbonyl (C=O) groups is 2. The maximum Gasteiger partial charge on any atom is 0.261 e. The molecule has 0 N–H and O–H groups in total. The number of halogens is 1. The first kappa shape index (κ1) is 14.4. The lowest BCUT2D eigenvalue weighted by Crippen LogP contribution is -2.35. The first-order chi connectivity index (χ1) is 11.1. The summed E-state index contributed by atoms with van der Waals surface area (Å²) in [5.41, 5.74) is 3.09.